The lowest BCUT2D eigenvalue weighted by molar-refractivity contribution is -0.199. The largest absolute Gasteiger partial charge is 0.313 e. The van der Waals surface area contributed by atoms with Crippen molar-refractivity contribution >= 4 is 0 Å². The van der Waals surface area contributed by atoms with Crippen molar-refractivity contribution in [3.63, 3.8) is 0 Å². The minimum absolute atomic E-state index is 0.661. The van der Waals surface area contributed by atoms with Crippen LogP contribution in [0.15, 0.2) is 0 Å². The van der Waals surface area contributed by atoms with Crippen LogP contribution in [-0.4, -0.2) is 17.3 Å². The highest BCUT2D eigenvalue weighted by Crippen LogP contribution is 2.42. The highest BCUT2D eigenvalue weighted by Gasteiger charge is 2.59. The summed E-state index contributed by atoms with van der Waals surface area (Å²) < 4.78 is 50.7. The second-order valence-corrected chi connectivity index (χ2v) is 3.52. The van der Waals surface area contributed by atoms with Crippen molar-refractivity contribution in [1.82, 2.24) is 0 Å². The molecule has 0 rings (SSSR count). The van der Waals surface area contributed by atoms with E-state index in [0.717, 1.165) is 0 Å². The van der Waals surface area contributed by atoms with Gasteiger partial charge in [0.2, 0.25) is 0 Å². The zero-order valence-corrected chi connectivity index (χ0v) is 7.01. The van der Waals surface area contributed by atoms with E-state index < -0.39 is 17.3 Å². The summed E-state index contributed by atoms with van der Waals surface area (Å²) in [5, 5.41) is 0. The van der Waals surface area contributed by atoms with Crippen molar-refractivity contribution < 1.29 is 17.6 Å². The smallest absolute Gasteiger partial charge is 0.238 e. The molecule has 0 aromatic carbocycles. The first-order valence-electron chi connectivity index (χ1n) is 3.26. The van der Waals surface area contributed by atoms with Gasteiger partial charge < -0.3 is 0 Å². The first kappa shape index (κ1) is 10.7. The average Bonchev–Trinajstić information content (AvgIpc) is 1.58. The summed E-state index contributed by atoms with van der Waals surface area (Å²) >= 11 is 0. The SMILES string of the molecule is CC(C)(F)C(F)(F)C(C)(C)F. The van der Waals surface area contributed by atoms with Crippen LogP contribution in [0.2, 0.25) is 0 Å². The minimum Gasteiger partial charge on any atom is -0.238 e. The molecule has 0 heterocycles. The first-order chi connectivity index (χ1) is 4.50. The lowest BCUT2D eigenvalue weighted by Crippen LogP contribution is -2.52. The molecule has 0 nitrogen and oxygen atoms in total. The van der Waals surface area contributed by atoms with Crippen molar-refractivity contribution in [2.45, 2.75) is 45.0 Å². The van der Waals surface area contributed by atoms with E-state index in [1.165, 1.54) is 0 Å². The molecule has 0 amide bonds. The van der Waals surface area contributed by atoms with Gasteiger partial charge in [-0.25, -0.2) is 8.78 Å². The van der Waals surface area contributed by atoms with E-state index in [1.54, 1.807) is 0 Å². The Morgan fingerprint density at radius 3 is 0.818 bits per heavy atom. The molecular formula is C7H12F4. The molecule has 0 N–H and O–H groups in total. The molecule has 0 unspecified atom stereocenters. The maximum absolute atomic E-state index is 12.7. The van der Waals surface area contributed by atoms with Gasteiger partial charge in [0.05, 0.1) is 0 Å². The van der Waals surface area contributed by atoms with Crippen molar-refractivity contribution in [1.29, 1.82) is 0 Å². The van der Waals surface area contributed by atoms with E-state index >= 15 is 0 Å². The maximum atomic E-state index is 12.7. The molecular weight excluding hydrogens is 160 g/mol. The van der Waals surface area contributed by atoms with Gasteiger partial charge in [-0.05, 0) is 27.7 Å². The second kappa shape index (κ2) is 2.35. The Morgan fingerprint density at radius 1 is 0.636 bits per heavy atom. The third-order valence-electron chi connectivity index (χ3n) is 1.49. The van der Waals surface area contributed by atoms with Crippen LogP contribution in [0, 0.1) is 0 Å². The number of alkyl halides is 4. The van der Waals surface area contributed by atoms with Crippen molar-refractivity contribution in [2.24, 2.45) is 0 Å². The molecule has 0 aliphatic rings. The molecule has 0 radical (unpaired) electrons. The van der Waals surface area contributed by atoms with Gasteiger partial charge in [0.25, 0.3) is 0 Å². The van der Waals surface area contributed by atoms with Gasteiger partial charge >= 0.3 is 5.92 Å². The summed E-state index contributed by atoms with van der Waals surface area (Å²) in [6.45, 7) is 2.64. The molecule has 0 bridgehead atoms. The predicted molar refractivity (Wildman–Crippen MR) is 35.3 cm³/mol. The molecule has 0 atom stereocenters. The van der Waals surface area contributed by atoms with Gasteiger partial charge in [0.15, 0.2) is 11.3 Å². The standard InChI is InChI=1S/C7H12F4/c1-5(2,8)7(10,11)6(3,4)9/h1-4H3. The molecule has 11 heavy (non-hydrogen) atoms. The molecule has 0 spiro atoms. The summed E-state index contributed by atoms with van der Waals surface area (Å²) in [6.07, 6.45) is 0. The fourth-order valence-corrected chi connectivity index (χ4v) is 0.707. The van der Waals surface area contributed by atoms with E-state index in [0.29, 0.717) is 27.7 Å². The quantitative estimate of drug-likeness (QED) is 0.561. The van der Waals surface area contributed by atoms with Crippen LogP contribution in [0.5, 0.6) is 0 Å². The van der Waals surface area contributed by atoms with Crippen LogP contribution in [0.4, 0.5) is 17.6 Å². The summed E-state index contributed by atoms with van der Waals surface area (Å²) in [7, 11) is 0. The third kappa shape index (κ3) is 1.84. The van der Waals surface area contributed by atoms with Gasteiger partial charge in [-0.1, -0.05) is 0 Å². The van der Waals surface area contributed by atoms with Crippen LogP contribution in [-0.2, 0) is 0 Å². The van der Waals surface area contributed by atoms with Crippen LogP contribution >= 0.6 is 0 Å². The minimum atomic E-state index is -3.96. The second-order valence-electron chi connectivity index (χ2n) is 3.52. The molecule has 0 aliphatic carbocycles. The molecule has 0 aromatic heterocycles. The Labute approximate surface area is 63.6 Å². The number of halogens is 4. The van der Waals surface area contributed by atoms with Crippen molar-refractivity contribution in [3.05, 3.63) is 0 Å². The van der Waals surface area contributed by atoms with Crippen LogP contribution < -0.4 is 0 Å². The molecule has 0 aliphatic heterocycles. The van der Waals surface area contributed by atoms with Gasteiger partial charge in [-0.3, -0.25) is 0 Å². The molecule has 0 aromatic rings. The van der Waals surface area contributed by atoms with Gasteiger partial charge in [-0.2, -0.15) is 8.78 Å². The fraction of sp³-hybridized carbons (Fsp3) is 1.00. The van der Waals surface area contributed by atoms with Gasteiger partial charge in [-0.15, -0.1) is 0 Å². The van der Waals surface area contributed by atoms with Gasteiger partial charge in [0, 0.05) is 0 Å². The monoisotopic (exact) mass is 172 g/mol. The lowest BCUT2D eigenvalue weighted by atomic mass is 9.90. The summed E-state index contributed by atoms with van der Waals surface area (Å²) in [5.74, 6) is -3.96. The summed E-state index contributed by atoms with van der Waals surface area (Å²) in [4.78, 5) is 0. The Kier molecular flexibility index (Phi) is 2.29. The first-order valence-corrected chi connectivity index (χ1v) is 3.26. The molecule has 68 valence electrons. The Balaban J connectivity index is 4.75. The normalized spacial score (nSPS) is 15.3. The third-order valence-corrected chi connectivity index (χ3v) is 1.49. The van der Waals surface area contributed by atoms with Gasteiger partial charge in [0.1, 0.15) is 0 Å². The topological polar surface area (TPSA) is 0 Å². The highest BCUT2D eigenvalue weighted by atomic mass is 19.3. The van der Waals surface area contributed by atoms with Crippen LogP contribution in [0.3, 0.4) is 0 Å². The van der Waals surface area contributed by atoms with Crippen LogP contribution in [0.1, 0.15) is 27.7 Å². The lowest BCUT2D eigenvalue weighted by Gasteiger charge is -2.34. The van der Waals surface area contributed by atoms with Crippen molar-refractivity contribution in [2.75, 3.05) is 0 Å². The number of hydrogen-bond acceptors (Lipinski definition) is 0. The molecule has 0 saturated carbocycles. The zero-order valence-electron chi connectivity index (χ0n) is 7.01. The van der Waals surface area contributed by atoms with Crippen LogP contribution in [0.25, 0.3) is 0 Å². The van der Waals surface area contributed by atoms with E-state index in [-0.39, 0.29) is 0 Å². The number of hydrogen-bond donors (Lipinski definition) is 0. The number of rotatable bonds is 2. The molecule has 0 saturated heterocycles. The average molecular weight is 172 g/mol. The predicted octanol–water partition coefficient (Wildman–Crippen LogP) is 3.12. The van der Waals surface area contributed by atoms with Crippen molar-refractivity contribution in [3.8, 4) is 0 Å². The Morgan fingerprint density at radius 2 is 0.818 bits per heavy atom. The summed E-state index contributed by atoms with van der Waals surface area (Å²) in [5.41, 5.74) is -5.66. The Bertz CT molecular complexity index is 122. The fourth-order valence-electron chi connectivity index (χ4n) is 0.707. The molecule has 0 fully saturated rings. The van der Waals surface area contributed by atoms with E-state index in [9.17, 15) is 17.6 Å². The maximum Gasteiger partial charge on any atom is 0.313 e. The summed E-state index contributed by atoms with van der Waals surface area (Å²) in [6, 6.07) is 0. The van der Waals surface area contributed by atoms with E-state index in [1.807, 2.05) is 0 Å². The molecule has 4 heteroatoms. The van der Waals surface area contributed by atoms with E-state index in [2.05, 4.69) is 0 Å². The highest BCUT2D eigenvalue weighted by molar-refractivity contribution is 4.97. The zero-order chi connectivity index (χ0) is 9.50. The Hall–Kier alpha value is -0.280. The van der Waals surface area contributed by atoms with E-state index in [4.69, 9.17) is 0 Å².